The van der Waals surface area contributed by atoms with Crippen molar-refractivity contribution in [1.82, 2.24) is 15.2 Å². The first kappa shape index (κ1) is 29.6. The Labute approximate surface area is 228 Å². The van der Waals surface area contributed by atoms with Crippen molar-refractivity contribution in [3.05, 3.63) is 62.5 Å². The average Bonchev–Trinajstić information content (AvgIpc) is 3.38. The van der Waals surface area contributed by atoms with Gasteiger partial charge in [-0.05, 0) is 32.9 Å². The van der Waals surface area contributed by atoms with E-state index >= 15 is 0 Å². The van der Waals surface area contributed by atoms with E-state index in [0.717, 1.165) is 6.07 Å². The topological polar surface area (TPSA) is 113 Å². The maximum atomic E-state index is 14.2. The van der Waals surface area contributed by atoms with E-state index in [4.69, 9.17) is 31.2 Å². The third-order valence-corrected chi connectivity index (χ3v) is 6.68. The number of amidine groups is 1. The van der Waals surface area contributed by atoms with Crippen molar-refractivity contribution in [3.8, 4) is 0 Å². The third-order valence-electron chi connectivity index (χ3n) is 5.57. The molecule has 0 saturated carbocycles. The average molecular weight is 571 g/mol. The van der Waals surface area contributed by atoms with Crippen LogP contribution in [0.2, 0.25) is 5.02 Å². The number of halogens is 3. The molecule has 2 heterocycles. The van der Waals surface area contributed by atoms with E-state index in [2.05, 4.69) is 10.3 Å². The zero-order chi connectivity index (χ0) is 27.8. The molecule has 0 bridgehead atoms. The first-order valence-electron chi connectivity index (χ1n) is 11.9. The number of aliphatic carboxylic acids is 1. The van der Waals surface area contributed by atoms with Crippen LogP contribution in [0.1, 0.15) is 37.4 Å². The zero-order valence-corrected chi connectivity index (χ0v) is 22.7. The highest BCUT2D eigenvalue weighted by molar-refractivity contribution is 7.11. The van der Waals surface area contributed by atoms with Gasteiger partial charge in [0.25, 0.3) is 0 Å². The Bertz CT molecular complexity index is 1190. The van der Waals surface area contributed by atoms with Crippen LogP contribution in [0, 0.1) is 5.82 Å². The lowest BCUT2D eigenvalue weighted by atomic mass is 9.95. The molecule has 1 aromatic heterocycles. The Morgan fingerprint density at radius 1 is 1.34 bits per heavy atom. The number of benzene rings is 1. The number of esters is 1. The Hall–Kier alpha value is -2.93. The van der Waals surface area contributed by atoms with Gasteiger partial charge in [-0.3, -0.25) is 9.89 Å². The quantitative estimate of drug-likeness (QED) is 0.348. The molecule has 38 heavy (non-hydrogen) atoms. The number of carboxylic acids is 1. The monoisotopic (exact) mass is 570 g/mol. The molecule has 0 aliphatic carbocycles. The molecule has 3 rings (SSSR count). The second-order valence-electron chi connectivity index (χ2n) is 8.59. The molecule has 0 fully saturated rings. The summed E-state index contributed by atoms with van der Waals surface area (Å²) in [7, 11) is 0. The van der Waals surface area contributed by atoms with Gasteiger partial charge in [0.1, 0.15) is 24.6 Å². The Morgan fingerprint density at radius 2 is 2.11 bits per heavy atom. The fourth-order valence-corrected chi connectivity index (χ4v) is 4.77. The molecule has 1 aliphatic rings. The summed E-state index contributed by atoms with van der Waals surface area (Å²) in [6, 6.07) is 2.44. The molecule has 2 N–H and O–H groups in total. The molecular formula is C25H29ClF2N4O5S. The van der Waals surface area contributed by atoms with Crippen molar-refractivity contribution in [2.24, 2.45) is 4.99 Å². The van der Waals surface area contributed by atoms with E-state index < -0.39 is 42.6 Å². The number of carbonyl (C=O) groups is 2. The van der Waals surface area contributed by atoms with Crippen LogP contribution in [-0.4, -0.2) is 77.9 Å². The number of nitrogens with one attached hydrogen (secondary N) is 1. The minimum atomic E-state index is -1.23. The first-order valence-corrected chi connectivity index (χ1v) is 13.1. The van der Waals surface area contributed by atoms with E-state index in [1.165, 1.54) is 30.4 Å². The highest BCUT2D eigenvalue weighted by Gasteiger charge is 2.35. The molecule has 1 aliphatic heterocycles. The molecule has 206 valence electrons. The molecule has 3 atom stereocenters. The summed E-state index contributed by atoms with van der Waals surface area (Å²) in [5, 5.41) is 14.4. The maximum Gasteiger partial charge on any atom is 0.338 e. The Morgan fingerprint density at radius 3 is 2.71 bits per heavy atom. The minimum absolute atomic E-state index is 0.0156. The van der Waals surface area contributed by atoms with Gasteiger partial charge in [0.05, 0.1) is 18.8 Å². The van der Waals surface area contributed by atoms with Gasteiger partial charge >= 0.3 is 11.9 Å². The molecule has 0 spiro atoms. The lowest BCUT2D eigenvalue weighted by Gasteiger charge is -2.34. The fraction of sp³-hybridized carbons (Fsp3) is 0.440. The van der Waals surface area contributed by atoms with Crippen molar-refractivity contribution >= 4 is 40.7 Å². The van der Waals surface area contributed by atoms with E-state index in [9.17, 15) is 18.4 Å². The zero-order valence-electron chi connectivity index (χ0n) is 21.1. The first-order chi connectivity index (χ1) is 18.1. The van der Waals surface area contributed by atoms with Crippen LogP contribution in [0.25, 0.3) is 0 Å². The van der Waals surface area contributed by atoms with Crippen LogP contribution in [0.4, 0.5) is 8.78 Å². The van der Waals surface area contributed by atoms with Crippen LogP contribution in [0.3, 0.4) is 0 Å². The number of carboxylic acid groups (broad SMARTS) is 1. The van der Waals surface area contributed by atoms with Crippen LogP contribution < -0.4 is 5.32 Å². The summed E-state index contributed by atoms with van der Waals surface area (Å²) in [4.78, 5) is 34.9. The summed E-state index contributed by atoms with van der Waals surface area (Å²) in [6.45, 7) is 4.46. The molecule has 0 saturated heterocycles. The van der Waals surface area contributed by atoms with Gasteiger partial charge in [0.15, 0.2) is 10.8 Å². The molecular weight excluding hydrogens is 542 g/mol. The van der Waals surface area contributed by atoms with E-state index in [-0.39, 0.29) is 36.9 Å². The number of aliphatic imine (C=N–C) groups is 1. The van der Waals surface area contributed by atoms with Crippen LogP contribution in [0.5, 0.6) is 0 Å². The van der Waals surface area contributed by atoms with Gasteiger partial charge in [0.2, 0.25) is 0 Å². The number of aromatic nitrogens is 1. The Kier molecular flexibility index (Phi) is 10.7. The van der Waals surface area contributed by atoms with Crippen molar-refractivity contribution < 1.29 is 33.0 Å². The number of rotatable bonds is 13. The molecule has 9 nitrogen and oxygen atoms in total. The smallest absolute Gasteiger partial charge is 0.338 e. The number of alkyl halides is 1. The lowest BCUT2D eigenvalue weighted by molar-refractivity contribution is -0.143. The minimum Gasteiger partial charge on any atom is -0.480 e. The summed E-state index contributed by atoms with van der Waals surface area (Å²) in [6.07, 6.45) is 0.370. The SMILES string of the molecule is CCOC(=O)C1=C(CN(CC(C)F)C(C)COCC(=O)O)NC(c2nccs2)=NC1c1ccc(F)cc1Cl. The van der Waals surface area contributed by atoms with Crippen LogP contribution in [-0.2, 0) is 19.1 Å². The van der Waals surface area contributed by atoms with Gasteiger partial charge in [-0.15, -0.1) is 11.3 Å². The molecule has 3 unspecified atom stereocenters. The van der Waals surface area contributed by atoms with Gasteiger partial charge in [-0.1, -0.05) is 17.7 Å². The van der Waals surface area contributed by atoms with Crippen LogP contribution >= 0.6 is 22.9 Å². The summed E-state index contributed by atoms with van der Waals surface area (Å²) in [5.74, 6) is -1.97. The largest absolute Gasteiger partial charge is 0.480 e. The Balaban J connectivity index is 2.09. The predicted octanol–water partition coefficient (Wildman–Crippen LogP) is 3.99. The van der Waals surface area contributed by atoms with E-state index in [1.807, 2.05) is 0 Å². The van der Waals surface area contributed by atoms with Crippen molar-refractivity contribution in [2.45, 2.75) is 39.0 Å². The van der Waals surface area contributed by atoms with Gasteiger partial charge in [-0.2, -0.15) is 0 Å². The summed E-state index contributed by atoms with van der Waals surface area (Å²) >= 11 is 7.72. The van der Waals surface area contributed by atoms with Crippen molar-refractivity contribution in [2.75, 3.05) is 32.9 Å². The number of hydrogen-bond acceptors (Lipinski definition) is 9. The highest BCUT2D eigenvalue weighted by atomic mass is 35.5. The molecule has 0 amide bonds. The second kappa shape index (κ2) is 13.7. The lowest BCUT2D eigenvalue weighted by Crippen LogP contribution is -2.45. The molecule has 1 aromatic carbocycles. The standard InChI is InChI=1S/C25H29ClF2N4O5S/c1-4-37-25(35)21-19(11-32(10-14(2)27)15(3)12-36-13-20(33)34)30-23(24-29-7-8-38-24)31-22(21)17-6-5-16(28)9-18(17)26/h5-9,14-15,22H,4,10-13H2,1-3H3,(H,30,31)(H,33,34). The summed E-state index contributed by atoms with van der Waals surface area (Å²) < 4.78 is 38.7. The third kappa shape index (κ3) is 7.79. The molecule has 2 aromatic rings. The van der Waals surface area contributed by atoms with Crippen molar-refractivity contribution in [3.63, 3.8) is 0 Å². The van der Waals surface area contributed by atoms with Crippen molar-refractivity contribution in [1.29, 1.82) is 0 Å². The number of nitrogens with zero attached hydrogens (tertiary/aromatic N) is 3. The number of hydrogen-bond donors (Lipinski definition) is 2. The highest BCUT2D eigenvalue weighted by Crippen LogP contribution is 2.37. The number of thiazole rings is 1. The maximum absolute atomic E-state index is 14.2. The molecule has 13 heteroatoms. The van der Waals surface area contributed by atoms with E-state index in [1.54, 1.807) is 30.3 Å². The number of carbonyl (C=O) groups excluding carboxylic acids is 1. The van der Waals surface area contributed by atoms with Gasteiger partial charge in [-0.25, -0.2) is 23.4 Å². The molecule has 0 radical (unpaired) electrons. The van der Waals surface area contributed by atoms with Gasteiger partial charge < -0.3 is 19.9 Å². The normalized spacial score (nSPS) is 17.1. The predicted molar refractivity (Wildman–Crippen MR) is 140 cm³/mol. The second-order valence-corrected chi connectivity index (χ2v) is 9.89. The van der Waals surface area contributed by atoms with Gasteiger partial charge in [0, 0.05) is 47.0 Å². The van der Waals surface area contributed by atoms with E-state index in [0.29, 0.717) is 22.1 Å². The number of ether oxygens (including phenoxy) is 2. The fourth-order valence-electron chi connectivity index (χ4n) is 3.92. The summed E-state index contributed by atoms with van der Waals surface area (Å²) in [5.41, 5.74) is 0.892. The van der Waals surface area contributed by atoms with Crippen LogP contribution in [0.15, 0.2) is 46.0 Å².